The van der Waals surface area contributed by atoms with Gasteiger partial charge in [-0.25, -0.2) is 0 Å². The van der Waals surface area contributed by atoms with Crippen LogP contribution in [0.3, 0.4) is 0 Å². The molecule has 0 saturated carbocycles. The van der Waals surface area contributed by atoms with Crippen LogP contribution in [0.5, 0.6) is 0 Å². The number of halogens is 1. The Balaban J connectivity index is 1.74. The van der Waals surface area contributed by atoms with Crippen LogP contribution in [0.25, 0.3) is 0 Å². The molecule has 2 aliphatic rings. The van der Waals surface area contributed by atoms with E-state index < -0.39 is 0 Å². The minimum atomic E-state index is 0.131. The first-order chi connectivity index (χ1) is 9.72. The molecule has 2 unspecified atom stereocenters. The van der Waals surface area contributed by atoms with Crippen molar-refractivity contribution in [2.24, 2.45) is 11.8 Å². The molecule has 3 rings (SSSR count). The second-order valence-electron chi connectivity index (χ2n) is 5.73. The van der Waals surface area contributed by atoms with Crippen molar-refractivity contribution in [2.45, 2.75) is 37.3 Å². The average molecular weight is 424 g/mol. The third-order valence-electron chi connectivity index (χ3n) is 4.53. The van der Waals surface area contributed by atoms with Crippen molar-refractivity contribution in [3.8, 4) is 0 Å². The summed E-state index contributed by atoms with van der Waals surface area (Å²) in [6.45, 7) is 0.884. The fraction of sp³-hybridized carbons (Fsp3) is 0.714. The molecule has 2 atom stereocenters. The maximum Gasteiger partial charge on any atom is 0.0701 e. The fourth-order valence-corrected chi connectivity index (χ4v) is 6.08. The summed E-state index contributed by atoms with van der Waals surface area (Å²) < 4.78 is 7.52. The van der Waals surface area contributed by atoms with Crippen molar-refractivity contribution >= 4 is 45.7 Å². The van der Waals surface area contributed by atoms with E-state index in [-0.39, 0.29) is 11.6 Å². The summed E-state index contributed by atoms with van der Waals surface area (Å²) in [7, 11) is 0. The number of nitrogens with two attached hydrogens (primary N) is 1. The Kier molecular flexibility index (Phi) is 5.31. The van der Waals surface area contributed by atoms with Crippen molar-refractivity contribution in [1.29, 1.82) is 0 Å². The maximum atomic E-state index is 6.19. The molecular weight excluding hydrogens is 403 g/mol. The molecule has 1 aromatic heterocycles. The largest absolute Gasteiger partial charge is 0.375 e. The Morgan fingerprint density at radius 3 is 2.90 bits per heavy atom. The van der Waals surface area contributed by atoms with Crippen LogP contribution in [-0.4, -0.2) is 23.7 Å². The van der Waals surface area contributed by atoms with Gasteiger partial charge in [0.05, 0.1) is 8.48 Å². The fourth-order valence-electron chi connectivity index (χ4n) is 3.43. The van der Waals surface area contributed by atoms with Crippen LogP contribution in [0.1, 0.15) is 37.3 Å². The first kappa shape index (κ1) is 15.6. The predicted molar refractivity (Wildman–Crippen MR) is 95.1 cm³/mol. The van der Waals surface area contributed by atoms with Crippen molar-refractivity contribution in [2.75, 3.05) is 18.1 Å². The van der Waals surface area contributed by atoms with Gasteiger partial charge in [-0.15, -0.1) is 11.3 Å². The lowest BCUT2D eigenvalue weighted by Crippen LogP contribution is -2.46. The van der Waals surface area contributed by atoms with Gasteiger partial charge in [-0.1, -0.05) is 0 Å². The van der Waals surface area contributed by atoms with Crippen LogP contribution in [0.15, 0.2) is 11.4 Å². The number of hydrogen-bond donors (Lipinski definition) is 2. The molecule has 20 heavy (non-hydrogen) atoms. The van der Waals surface area contributed by atoms with Crippen molar-refractivity contribution in [1.82, 2.24) is 5.43 Å². The first-order valence-corrected chi connectivity index (χ1v) is 10.3. The van der Waals surface area contributed by atoms with Gasteiger partial charge in [-0.05, 0) is 82.7 Å². The van der Waals surface area contributed by atoms with E-state index in [2.05, 4.69) is 51.2 Å². The second kappa shape index (κ2) is 6.83. The quantitative estimate of drug-likeness (QED) is 0.443. The van der Waals surface area contributed by atoms with Crippen molar-refractivity contribution in [3.63, 3.8) is 0 Å². The third kappa shape index (κ3) is 3.35. The van der Waals surface area contributed by atoms with Gasteiger partial charge in [0.25, 0.3) is 0 Å². The molecule has 2 fully saturated rings. The van der Waals surface area contributed by atoms with Crippen LogP contribution in [0, 0.1) is 8.80 Å². The second-order valence-corrected chi connectivity index (χ2v) is 9.76. The smallest absolute Gasteiger partial charge is 0.0701 e. The highest BCUT2D eigenvalue weighted by Gasteiger charge is 2.41. The highest BCUT2D eigenvalue weighted by molar-refractivity contribution is 14.1. The Hall–Kier alpha value is 0.660. The molecule has 1 spiro atoms. The van der Waals surface area contributed by atoms with Crippen LogP contribution < -0.4 is 11.3 Å². The summed E-state index contributed by atoms with van der Waals surface area (Å²) in [5, 5.41) is 2.24. The number of hydrazine groups is 1. The summed E-state index contributed by atoms with van der Waals surface area (Å²) >= 11 is 6.23. The number of thioether (sulfide) groups is 1. The summed E-state index contributed by atoms with van der Waals surface area (Å²) in [5.41, 5.74) is 4.54. The summed E-state index contributed by atoms with van der Waals surface area (Å²) in [4.78, 5) is 0. The van der Waals surface area contributed by atoms with E-state index in [1.54, 1.807) is 11.3 Å². The zero-order valence-electron chi connectivity index (χ0n) is 11.4. The van der Waals surface area contributed by atoms with E-state index in [9.17, 15) is 0 Å². The lowest BCUT2D eigenvalue weighted by atomic mass is 9.77. The molecule has 2 saturated heterocycles. The van der Waals surface area contributed by atoms with Gasteiger partial charge < -0.3 is 4.74 Å². The number of rotatable bonds is 3. The molecule has 0 aromatic carbocycles. The van der Waals surface area contributed by atoms with E-state index in [0.29, 0.717) is 5.92 Å². The third-order valence-corrected chi connectivity index (χ3v) is 7.33. The SMILES string of the molecule is NNC(c1csc(I)c1)C1CCOC2(CCSCC2)C1. The molecule has 0 radical (unpaired) electrons. The van der Waals surface area contributed by atoms with E-state index >= 15 is 0 Å². The highest BCUT2D eigenvalue weighted by Crippen LogP contribution is 2.43. The van der Waals surface area contributed by atoms with Crippen molar-refractivity contribution in [3.05, 3.63) is 19.9 Å². The zero-order valence-corrected chi connectivity index (χ0v) is 15.2. The number of hydrogen-bond acceptors (Lipinski definition) is 5. The Morgan fingerprint density at radius 2 is 2.25 bits per heavy atom. The van der Waals surface area contributed by atoms with E-state index in [1.807, 2.05) is 0 Å². The van der Waals surface area contributed by atoms with Gasteiger partial charge in [0.1, 0.15) is 0 Å². The van der Waals surface area contributed by atoms with E-state index in [1.165, 1.54) is 32.8 Å². The Bertz CT molecular complexity index is 443. The van der Waals surface area contributed by atoms with Gasteiger partial charge in [0.15, 0.2) is 0 Å². The zero-order chi connectivity index (χ0) is 14.0. The maximum absolute atomic E-state index is 6.19. The number of nitrogens with one attached hydrogen (secondary N) is 1. The standard InChI is InChI=1S/C14H21IN2OS2/c15-12-7-11(9-20-12)13(17-16)10-1-4-18-14(8-10)2-5-19-6-3-14/h7,9-10,13,17H,1-6,8,16H2. The van der Waals surface area contributed by atoms with Crippen LogP contribution in [0.2, 0.25) is 0 Å². The molecule has 3 N–H and O–H groups in total. The van der Waals surface area contributed by atoms with E-state index in [4.69, 9.17) is 10.6 Å². The predicted octanol–water partition coefficient (Wildman–Crippen LogP) is 3.55. The topological polar surface area (TPSA) is 47.3 Å². The minimum Gasteiger partial charge on any atom is -0.375 e. The molecule has 6 heteroatoms. The first-order valence-electron chi connectivity index (χ1n) is 7.14. The van der Waals surface area contributed by atoms with Gasteiger partial charge in [0, 0.05) is 12.6 Å². The van der Waals surface area contributed by atoms with E-state index in [0.717, 1.165) is 19.4 Å². The van der Waals surface area contributed by atoms with Gasteiger partial charge >= 0.3 is 0 Å². The monoisotopic (exact) mass is 424 g/mol. The molecular formula is C14H21IN2OS2. The molecule has 3 nitrogen and oxygen atoms in total. The molecule has 0 amide bonds. The van der Waals surface area contributed by atoms with Gasteiger partial charge in [-0.3, -0.25) is 11.3 Å². The van der Waals surface area contributed by atoms with Gasteiger partial charge in [-0.2, -0.15) is 11.8 Å². The van der Waals surface area contributed by atoms with Crippen LogP contribution in [0.4, 0.5) is 0 Å². The molecule has 0 aliphatic carbocycles. The summed E-state index contributed by atoms with van der Waals surface area (Å²) in [6, 6.07) is 2.53. The highest BCUT2D eigenvalue weighted by atomic mass is 127. The Labute approximate surface area is 142 Å². The number of ether oxygens (including phenoxy) is 1. The van der Waals surface area contributed by atoms with Gasteiger partial charge in [0.2, 0.25) is 0 Å². The summed E-state index contributed by atoms with van der Waals surface area (Å²) in [6.07, 6.45) is 4.66. The molecule has 1 aromatic rings. The molecule has 3 heterocycles. The minimum absolute atomic E-state index is 0.131. The van der Waals surface area contributed by atoms with Crippen LogP contribution >= 0.6 is 45.7 Å². The normalized spacial score (nSPS) is 27.6. The lowest BCUT2D eigenvalue weighted by Gasteiger charge is -2.45. The van der Waals surface area contributed by atoms with Crippen LogP contribution in [-0.2, 0) is 4.74 Å². The molecule has 0 bridgehead atoms. The molecule has 112 valence electrons. The average Bonchev–Trinajstić information content (AvgIpc) is 2.87. The summed E-state index contributed by atoms with van der Waals surface area (Å²) in [5.74, 6) is 8.94. The van der Waals surface area contributed by atoms with Crippen molar-refractivity contribution < 1.29 is 4.74 Å². The lowest BCUT2D eigenvalue weighted by molar-refractivity contribution is -0.107. The molecule has 2 aliphatic heterocycles. The number of thiophene rings is 1. The Morgan fingerprint density at radius 1 is 1.45 bits per heavy atom.